The van der Waals surface area contributed by atoms with Gasteiger partial charge in [-0.1, -0.05) is 50.4 Å². The lowest BCUT2D eigenvalue weighted by molar-refractivity contribution is 0.285. The van der Waals surface area contributed by atoms with Gasteiger partial charge in [0.25, 0.3) is 0 Å². The molecule has 0 saturated heterocycles. The van der Waals surface area contributed by atoms with Crippen LogP contribution in [0.1, 0.15) is 32.6 Å². The van der Waals surface area contributed by atoms with E-state index in [2.05, 4.69) is 13.5 Å². The molecule has 0 aliphatic carbocycles. The van der Waals surface area contributed by atoms with E-state index in [0.29, 0.717) is 6.61 Å². The van der Waals surface area contributed by atoms with Gasteiger partial charge < -0.3 is 9.47 Å². The fraction of sp³-hybridized carbons (Fsp3) is 0.333. The Bertz CT molecular complexity index is 793. The maximum absolute atomic E-state index is 14.5. The molecule has 146 valence electrons. The van der Waals surface area contributed by atoms with Crippen molar-refractivity contribution in [2.75, 3.05) is 13.2 Å². The molecule has 0 radical (unpaired) electrons. The van der Waals surface area contributed by atoms with Crippen LogP contribution in [0.15, 0.2) is 36.9 Å². The summed E-state index contributed by atoms with van der Waals surface area (Å²) in [5, 5.41) is -0.344. The van der Waals surface area contributed by atoms with E-state index in [1.54, 1.807) is 0 Å². The summed E-state index contributed by atoms with van der Waals surface area (Å²) in [6, 6.07) is 5.34. The molecular weight excluding hydrogens is 377 g/mol. The molecule has 0 atom stereocenters. The van der Waals surface area contributed by atoms with Crippen LogP contribution in [-0.2, 0) is 0 Å². The van der Waals surface area contributed by atoms with Crippen molar-refractivity contribution in [2.24, 2.45) is 0 Å². The molecule has 0 fully saturated rings. The Morgan fingerprint density at radius 1 is 0.889 bits per heavy atom. The second kappa shape index (κ2) is 10.3. The predicted molar refractivity (Wildman–Crippen MR) is 102 cm³/mol. The normalized spacial score (nSPS) is 10.7. The molecule has 0 saturated carbocycles. The van der Waals surface area contributed by atoms with E-state index in [0.717, 1.165) is 25.7 Å². The molecule has 0 aliphatic rings. The maximum Gasteiger partial charge on any atom is 0.201 e. The second-order valence-electron chi connectivity index (χ2n) is 5.99. The van der Waals surface area contributed by atoms with Gasteiger partial charge in [-0.25, -0.2) is 8.78 Å². The van der Waals surface area contributed by atoms with Crippen molar-refractivity contribution < 1.29 is 22.6 Å². The molecule has 0 aliphatic heterocycles. The number of ether oxygens (including phenoxy) is 2. The average molecular weight is 399 g/mol. The molecule has 2 nitrogen and oxygen atoms in total. The predicted octanol–water partition coefficient (Wildman–Crippen LogP) is 6.95. The molecule has 27 heavy (non-hydrogen) atoms. The molecule has 0 bridgehead atoms. The number of benzene rings is 2. The molecule has 0 aromatic heterocycles. The number of rotatable bonds is 10. The first-order valence-corrected chi connectivity index (χ1v) is 9.21. The summed E-state index contributed by atoms with van der Waals surface area (Å²) < 4.78 is 53.6. The second-order valence-corrected chi connectivity index (χ2v) is 6.37. The van der Waals surface area contributed by atoms with Crippen molar-refractivity contribution in [1.82, 2.24) is 0 Å². The Morgan fingerprint density at radius 3 is 2.22 bits per heavy atom. The first-order valence-electron chi connectivity index (χ1n) is 8.84. The lowest BCUT2D eigenvalue weighted by Gasteiger charge is -2.13. The van der Waals surface area contributed by atoms with Crippen LogP contribution in [0.5, 0.6) is 11.5 Å². The summed E-state index contributed by atoms with van der Waals surface area (Å²) >= 11 is 6.01. The summed E-state index contributed by atoms with van der Waals surface area (Å²) in [5.41, 5.74) is -0.115. The lowest BCUT2D eigenvalue weighted by Crippen LogP contribution is -2.02. The fourth-order valence-electron chi connectivity index (χ4n) is 2.56. The van der Waals surface area contributed by atoms with E-state index < -0.39 is 17.5 Å². The highest BCUT2D eigenvalue weighted by Crippen LogP contribution is 2.38. The minimum absolute atomic E-state index is 0.0333. The van der Waals surface area contributed by atoms with Crippen molar-refractivity contribution in [3.8, 4) is 22.6 Å². The molecular formula is C21H22ClF3O2. The zero-order chi connectivity index (χ0) is 19.8. The average Bonchev–Trinajstić information content (AvgIpc) is 2.67. The molecule has 2 aromatic carbocycles. The zero-order valence-corrected chi connectivity index (χ0v) is 15.9. The van der Waals surface area contributed by atoms with Crippen LogP contribution in [0.25, 0.3) is 11.1 Å². The van der Waals surface area contributed by atoms with Crippen LogP contribution in [0.4, 0.5) is 13.2 Å². The minimum atomic E-state index is -1.14. The molecule has 0 unspecified atom stereocenters. The van der Waals surface area contributed by atoms with E-state index in [-0.39, 0.29) is 34.3 Å². The minimum Gasteiger partial charge on any atom is -0.490 e. The van der Waals surface area contributed by atoms with Crippen LogP contribution in [0, 0.1) is 17.5 Å². The first-order chi connectivity index (χ1) is 13.0. The van der Waals surface area contributed by atoms with Crippen molar-refractivity contribution in [3.63, 3.8) is 0 Å². The van der Waals surface area contributed by atoms with Gasteiger partial charge in [0.1, 0.15) is 6.61 Å². The highest BCUT2D eigenvalue weighted by molar-refractivity contribution is 6.33. The standard InChI is InChI=1S/C21H22ClF3O2/c1-3-5-6-7-13-27-17-11-9-15(19(23)21(17)25)14-8-10-16(26-12-4-2)20(24)18(14)22/h4,8-11H,2-3,5-7,12-13H2,1H3. The Morgan fingerprint density at radius 2 is 1.56 bits per heavy atom. The van der Waals surface area contributed by atoms with Crippen molar-refractivity contribution in [2.45, 2.75) is 32.6 Å². The zero-order valence-electron chi connectivity index (χ0n) is 15.2. The monoisotopic (exact) mass is 398 g/mol. The van der Waals surface area contributed by atoms with Crippen LogP contribution in [0.3, 0.4) is 0 Å². The third-order valence-corrected chi connectivity index (χ3v) is 4.37. The van der Waals surface area contributed by atoms with E-state index in [4.69, 9.17) is 21.1 Å². The summed E-state index contributed by atoms with van der Waals surface area (Å²) in [6.45, 7) is 5.96. The number of unbranched alkanes of at least 4 members (excludes halogenated alkanes) is 3. The molecule has 2 rings (SSSR count). The smallest absolute Gasteiger partial charge is 0.201 e. The SMILES string of the molecule is C=CCOc1ccc(-c2ccc(OCCCCCC)c(F)c2F)c(Cl)c1F. The third kappa shape index (κ3) is 5.19. The van der Waals surface area contributed by atoms with E-state index in [1.165, 1.54) is 30.3 Å². The largest absolute Gasteiger partial charge is 0.490 e. The van der Waals surface area contributed by atoms with Crippen molar-refractivity contribution in [1.29, 1.82) is 0 Å². The Labute approximate surface area is 162 Å². The summed E-state index contributed by atoms with van der Waals surface area (Å²) in [5.74, 6) is -3.35. The Kier molecular flexibility index (Phi) is 8.04. The van der Waals surface area contributed by atoms with Gasteiger partial charge in [0, 0.05) is 11.1 Å². The number of halogens is 4. The quantitative estimate of drug-likeness (QED) is 0.318. The third-order valence-electron chi connectivity index (χ3n) is 4.00. The van der Waals surface area contributed by atoms with Crippen LogP contribution < -0.4 is 9.47 Å². The van der Waals surface area contributed by atoms with E-state index in [9.17, 15) is 13.2 Å². The summed E-state index contributed by atoms with van der Waals surface area (Å²) in [6.07, 6.45) is 5.33. The fourth-order valence-corrected chi connectivity index (χ4v) is 2.82. The van der Waals surface area contributed by atoms with Gasteiger partial charge in [-0.05, 0) is 30.7 Å². The highest BCUT2D eigenvalue weighted by atomic mass is 35.5. The molecule has 0 N–H and O–H groups in total. The van der Waals surface area contributed by atoms with Crippen LogP contribution in [0.2, 0.25) is 5.02 Å². The van der Waals surface area contributed by atoms with Crippen molar-refractivity contribution >= 4 is 11.6 Å². The summed E-state index contributed by atoms with van der Waals surface area (Å²) in [7, 11) is 0. The van der Waals surface area contributed by atoms with Gasteiger partial charge in [-0.3, -0.25) is 0 Å². The molecule has 0 amide bonds. The van der Waals surface area contributed by atoms with Gasteiger partial charge in [0.2, 0.25) is 5.82 Å². The van der Waals surface area contributed by atoms with Crippen molar-refractivity contribution in [3.05, 3.63) is 59.4 Å². The number of hydrogen-bond donors (Lipinski definition) is 0. The Hall–Kier alpha value is -2.14. The van der Waals surface area contributed by atoms with Gasteiger partial charge in [0.05, 0.1) is 11.6 Å². The van der Waals surface area contributed by atoms with Gasteiger partial charge in [0.15, 0.2) is 23.1 Å². The lowest BCUT2D eigenvalue weighted by atomic mass is 10.0. The Balaban J connectivity index is 2.23. The first kappa shape index (κ1) is 21.2. The van der Waals surface area contributed by atoms with Gasteiger partial charge >= 0.3 is 0 Å². The van der Waals surface area contributed by atoms with Gasteiger partial charge in [-0.15, -0.1) is 0 Å². The topological polar surface area (TPSA) is 18.5 Å². The highest BCUT2D eigenvalue weighted by Gasteiger charge is 2.20. The maximum atomic E-state index is 14.5. The van der Waals surface area contributed by atoms with E-state index >= 15 is 0 Å². The summed E-state index contributed by atoms with van der Waals surface area (Å²) in [4.78, 5) is 0. The molecule has 0 heterocycles. The molecule has 0 spiro atoms. The van der Waals surface area contributed by atoms with Gasteiger partial charge in [-0.2, -0.15) is 4.39 Å². The van der Waals surface area contributed by atoms with Crippen LogP contribution >= 0.6 is 11.6 Å². The van der Waals surface area contributed by atoms with E-state index in [1.807, 2.05) is 0 Å². The number of hydrogen-bond acceptors (Lipinski definition) is 2. The molecule has 2 aromatic rings. The van der Waals surface area contributed by atoms with Crippen LogP contribution in [-0.4, -0.2) is 13.2 Å². The molecule has 6 heteroatoms.